The maximum absolute atomic E-state index is 11.9. The highest BCUT2D eigenvalue weighted by Crippen LogP contribution is 2.14. The molecule has 1 N–H and O–H groups in total. The van der Waals surface area contributed by atoms with Crippen LogP contribution in [-0.4, -0.2) is 19.5 Å². The van der Waals surface area contributed by atoms with Gasteiger partial charge < -0.3 is 5.32 Å². The molecule has 0 radical (unpaired) electrons. The van der Waals surface area contributed by atoms with E-state index in [4.69, 9.17) is 0 Å². The molecule has 0 aromatic carbocycles. The summed E-state index contributed by atoms with van der Waals surface area (Å²) in [4.78, 5) is 0. The smallest absolute Gasteiger partial charge is 0.246 e. The Labute approximate surface area is 49.6 Å². The van der Waals surface area contributed by atoms with Gasteiger partial charge in [0.2, 0.25) is 5.92 Å². The molecule has 0 bridgehead atoms. The van der Waals surface area contributed by atoms with E-state index in [0.29, 0.717) is 6.54 Å². The van der Waals surface area contributed by atoms with Gasteiger partial charge in [0.1, 0.15) is 0 Å². The van der Waals surface area contributed by atoms with Crippen molar-refractivity contribution in [2.45, 2.75) is 19.3 Å². The normalized spacial score (nSPS) is 12.0. The lowest BCUT2D eigenvalue weighted by Crippen LogP contribution is -2.18. The number of rotatable bonds is 3. The van der Waals surface area contributed by atoms with Crippen LogP contribution >= 0.6 is 0 Å². The van der Waals surface area contributed by atoms with E-state index in [1.165, 1.54) is 0 Å². The highest BCUT2D eigenvalue weighted by Gasteiger charge is 2.18. The van der Waals surface area contributed by atoms with E-state index in [2.05, 4.69) is 5.32 Å². The van der Waals surface area contributed by atoms with Gasteiger partial charge in [0.05, 0.1) is 0 Å². The van der Waals surface area contributed by atoms with Crippen molar-refractivity contribution in [1.82, 2.24) is 5.32 Å². The minimum Gasteiger partial charge on any atom is -0.320 e. The van der Waals surface area contributed by atoms with E-state index in [1.807, 2.05) is 0 Å². The summed E-state index contributed by atoms with van der Waals surface area (Å²) >= 11 is 0. The number of alkyl halides is 2. The second-order valence-electron chi connectivity index (χ2n) is 1.92. The molecule has 0 aliphatic carbocycles. The number of hydrogen-bond acceptors (Lipinski definition) is 1. The lowest BCUT2D eigenvalue weighted by atomic mass is 10.3. The monoisotopic (exact) mass is 125 g/mol. The quantitative estimate of drug-likeness (QED) is 0.602. The molecule has 0 saturated heterocycles. The number of nitrogens with one attached hydrogen (secondary N) is 1. The van der Waals surface area contributed by atoms with Crippen molar-refractivity contribution < 1.29 is 10.2 Å². The molecule has 0 heterocycles. The zero-order valence-corrected chi connectivity index (χ0v) is 5.17. The van der Waals surface area contributed by atoms with Gasteiger partial charge in [-0.1, -0.05) is 0 Å². The van der Waals surface area contributed by atoms with Crippen LogP contribution in [-0.2, 0) is 0 Å². The molecule has 1 nitrogen and oxygen atoms in total. The van der Waals surface area contributed by atoms with E-state index < -0.39 is 5.92 Å². The Balaban J connectivity index is 0. The van der Waals surface area contributed by atoms with Gasteiger partial charge in [-0.05, 0) is 14.0 Å². The number of halogens is 2. The average Bonchev–Trinajstić information content (AvgIpc) is 1.59. The molecule has 0 amide bonds. The Hall–Kier alpha value is -0.180. The van der Waals surface area contributed by atoms with Crippen molar-refractivity contribution >= 4 is 0 Å². The van der Waals surface area contributed by atoms with Crippen LogP contribution in [0.2, 0.25) is 0 Å². The summed E-state index contributed by atoms with van der Waals surface area (Å²) in [6.45, 7) is 1.30. The Morgan fingerprint density at radius 3 is 2.25 bits per heavy atom. The van der Waals surface area contributed by atoms with E-state index in [9.17, 15) is 8.78 Å². The van der Waals surface area contributed by atoms with Crippen LogP contribution in [0.5, 0.6) is 0 Å². The highest BCUT2D eigenvalue weighted by molar-refractivity contribution is 4.57. The van der Waals surface area contributed by atoms with E-state index >= 15 is 0 Å². The molecule has 0 aliphatic heterocycles. The fourth-order valence-corrected chi connectivity index (χ4v) is 0.344. The van der Waals surface area contributed by atoms with Crippen LogP contribution in [0, 0.1) is 0 Å². The summed E-state index contributed by atoms with van der Waals surface area (Å²) in [5.74, 6) is -2.51. The van der Waals surface area contributed by atoms with Crippen molar-refractivity contribution in [3.8, 4) is 0 Å². The summed E-state index contributed by atoms with van der Waals surface area (Å²) in [6, 6.07) is 0. The third-order valence-corrected chi connectivity index (χ3v) is 0.814. The molecular weight excluding hydrogens is 112 g/mol. The van der Waals surface area contributed by atoms with Crippen LogP contribution in [0.3, 0.4) is 0 Å². The van der Waals surface area contributed by atoms with Crippen LogP contribution in [0.25, 0.3) is 0 Å². The fraction of sp³-hybridized carbons (Fsp3) is 1.00. The Morgan fingerprint density at radius 1 is 1.62 bits per heavy atom. The van der Waals surface area contributed by atoms with Gasteiger partial charge in [-0.3, -0.25) is 0 Å². The third kappa shape index (κ3) is 5.82. The first-order valence-corrected chi connectivity index (χ1v) is 2.59. The zero-order valence-electron chi connectivity index (χ0n) is 5.17. The van der Waals surface area contributed by atoms with Gasteiger partial charge in [0, 0.05) is 14.4 Å². The lowest BCUT2D eigenvalue weighted by molar-refractivity contribution is 0.0139. The molecule has 52 valence electrons. The van der Waals surface area contributed by atoms with E-state index in [0.717, 1.165) is 6.92 Å². The highest BCUT2D eigenvalue weighted by atomic mass is 19.3. The van der Waals surface area contributed by atoms with Gasteiger partial charge in [0.15, 0.2) is 0 Å². The molecule has 0 saturated carbocycles. The molecule has 0 atom stereocenters. The van der Waals surface area contributed by atoms with Crippen LogP contribution in [0.4, 0.5) is 8.78 Å². The average molecular weight is 125 g/mol. The Morgan fingerprint density at radius 2 is 2.12 bits per heavy atom. The van der Waals surface area contributed by atoms with Crippen LogP contribution in [0.1, 0.15) is 14.8 Å². The standard InChI is InChI=1S/C5H11F2N.H2/c1-5(6,7)3-4-8-2;/h8H,3-4H2,1-2H3;1H. The van der Waals surface area contributed by atoms with Gasteiger partial charge in [-0.15, -0.1) is 0 Å². The molecule has 0 fully saturated rings. The zero-order chi connectivity index (χ0) is 6.62. The van der Waals surface area contributed by atoms with Crippen LogP contribution < -0.4 is 5.32 Å². The molecule has 3 heteroatoms. The third-order valence-electron chi connectivity index (χ3n) is 0.814. The molecule has 0 spiro atoms. The maximum Gasteiger partial charge on any atom is 0.246 e. The van der Waals surface area contributed by atoms with Gasteiger partial charge in [-0.2, -0.15) is 0 Å². The summed E-state index contributed by atoms with van der Waals surface area (Å²) in [6.07, 6.45) is -0.0799. The van der Waals surface area contributed by atoms with Gasteiger partial charge >= 0.3 is 0 Å². The molecule has 0 aromatic heterocycles. The van der Waals surface area contributed by atoms with Crippen molar-refractivity contribution in [3.63, 3.8) is 0 Å². The fourth-order valence-electron chi connectivity index (χ4n) is 0.344. The van der Waals surface area contributed by atoms with Gasteiger partial charge in [0.25, 0.3) is 0 Å². The van der Waals surface area contributed by atoms with Crippen molar-refractivity contribution in [2.75, 3.05) is 13.6 Å². The van der Waals surface area contributed by atoms with Gasteiger partial charge in [-0.25, -0.2) is 8.78 Å². The Kier molecular flexibility index (Phi) is 2.90. The van der Waals surface area contributed by atoms with Crippen LogP contribution in [0.15, 0.2) is 0 Å². The first-order chi connectivity index (χ1) is 3.56. The van der Waals surface area contributed by atoms with E-state index in [-0.39, 0.29) is 7.85 Å². The minimum absolute atomic E-state index is 0. The predicted molar refractivity (Wildman–Crippen MR) is 31.3 cm³/mol. The molecular formula is C5H13F2N. The van der Waals surface area contributed by atoms with Crippen molar-refractivity contribution in [1.29, 1.82) is 0 Å². The minimum atomic E-state index is -2.51. The SMILES string of the molecule is CNCCC(C)(F)F.[HH]. The van der Waals surface area contributed by atoms with Crippen molar-refractivity contribution in [3.05, 3.63) is 0 Å². The molecule has 0 rings (SSSR count). The van der Waals surface area contributed by atoms with E-state index in [1.54, 1.807) is 7.05 Å². The summed E-state index contributed by atoms with van der Waals surface area (Å²) in [5.41, 5.74) is 0. The predicted octanol–water partition coefficient (Wildman–Crippen LogP) is 1.50. The summed E-state index contributed by atoms with van der Waals surface area (Å²) < 4.78 is 23.7. The first-order valence-electron chi connectivity index (χ1n) is 2.59. The Bertz CT molecular complexity index is 62.5. The molecule has 8 heavy (non-hydrogen) atoms. The summed E-state index contributed by atoms with van der Waals surface area (Å²) in [5, 5.41) is 2.64. The molecule has 0 unspecified atom stereocenters. The molecule has 0 aromatic rings. The second kappa shape index (κ2) is 2.97. The topological polar surface area (TPSA) is 12.0 Å². The summed E-state index contributed by atoms with van der Waals surface area (Å²) in [7, 11) is 1.66. The number of hydrogen-bond donors (Lipinski definition) is 1. The molecule has 0 aliphatic rings. The largest absolute Gasteiger partial charge is 0.320 e. The first kappa shape index (κ1) is 7.82. The van der Waals surface area contributed by atoms with Crippen molar-refractivity contribution in [2.24, 2.45) is 0 Å². The lowest BCUT2D eigenvalue weighted by Gasteiger charge is -2.07. The maximum atomic E-state index is 11.9. The second-order valence-corrected chi connectivity index (χ2v) is 1.92.